The van der Waals surface area contributed by atoms with Crippen LogP contribution in [0.25, 0.3) is 0 Å². The summed E-state index contributed by atoms with van der Waals surface area (Å²) in [4.78, 5) is 6.68. The van der Waals surface area contributed by atoms with Gasteiger partial charge in [-0.2, -0.15) is 0 Å². The molecule has 3 nitrogen and oxygen atoms in total. The van der Waals surface area contributed by atoms with E-state index in [2.05, 4.69) is 9.95 Å². The van der Waals surface area contributed by atoms with Gasteiger partial charge in [0.05, 0.1) is 5.54 Å². The van der Waals surface area contributed by atoms with Crippen molar-refractivity contribution < 1.29 is 0 Å². The Balaban J connectivity index is 0.00000125. The first kappa shape index (κ1) is 15.4. The van der Waals surface area contributed by atoms with Crippen molar-refractivity contribution >= 4 is 28.3 Å². The van der Waals surface area contributed by atoms with Gasteiger partial charge in [-0.05, 0) is 69.1 Å². The molecule has 122 valence electrons. The van der Waals surface area contributed by atoms with Gasteiger partial charge in [0, 0.05) is 23.7 Å². The van der Waals surface area contributed by atoms with Crippen LogP contribution in [0.1, 0.15) is 63.1 Å². The second-order valence-electron chi connectivity index (χ2n) is 8.07. The maximum atomic E-state index is 5.93. The molecule has 5 aliphatic rings. The molecule has 22 heavy (non-hydrogen) atoms. The molecule has 1 aromatic heterocycles. The fraction of sp³-hybridized carbons (Fsp3) is 0.824. The molecule has 5 heteroatoms. The van der Waals surface area contributed by atoms with E-state index in [-0.39, 0.29) is 17.0 Å². The van der Waals surface area contributed by atoms with Gasteiger partial charge >= 0.3 is 0 Å². The third kappa shape index (κ3) is 2.44. The highest BCUT2D eigenvalue weighted by Gasteiger charge is 2.51. The first-order chi connectivity index (χ1) is 10.2. The topological polar surface area (TPSA) is 43.3 Å². The van der Waals surface area contributed by atoms with E-state index in [4.69, 9.17) is 10.7 Å². The van der Waals surface area contributed by atoms with E-state index in [1.165, 1.54) is 61.9 Å². The summed E-state index contributed by atoms with van der Waals surface area (Å²) in [6, 6.07) is 0.697. The Bertz CT molecular complexity index is 593. The van der Waals surface area contributed by atoms with Gasteiger partial charge in [0.25, 0.3) is 0 Å². The third-order valence-electron chi connectivity index (χ3n) is 6.28. The van der Waals surface area contributed by atoms with E-state index < -0.39 is 0 Å². The van der Waals surface area contributed by atoms with E-state index in [1.807, 2.05) is 11.3 Å². The molecule has 1 aromatic rings. The van der Waals surface area contributed by atoms with Crippen LogP contribution in [-0.2, 0) is 6.54 Å². The highest BCUT2D eigenvalue weighted by Crippen LogP contribution is 2.57. The molecule has 0 aliphatic heterocycles. The number of aromatic nitrogens is 1. The molecular weight excluding hydrogens is 358 g/mol. The number of halogens is 1. The van der Waals surface area contributed by atoms with Crippen LogP contribution in [0.3, 0.4) is 0 Å². The number of rotatable bonds is 3. The van der Waals surface area contributed by atoms with Crippen molar-refractivity contribution in [1.29, 1.82) is 0 Å². The molecule has 6 rings (SSSR count). The Labute approximate surface area is 146 Å². The minimum atomic E-state index is 0. The lowest BCUT2D eigenvalue weighted by Crippen LogP contribution is -2.50. The van der Waals surface area contributed by atoms with Gasteiger partial charge in [-0.1, -0.05) is 0 Å². The highest BCUT2D eigenvalue weighted by molar-refractivity contribution is 8.93. The van der Waals surface area contributed by atoms with Crippen LogP contribution in [-0.4, -0.2) is 10.1 Å². The molecule has 2 N–H and O–H groups in total. The summed E-state index contributed by atoms with van der Waals surface area (Å²) in [5, 5.41) is 2.25. The van der Waals surface area contributed by atoms with Gasteiger partial charge in [0.1, 0.15) is 0 Å². The standard InChI is InChI=1S/C17H25N3S.BrH/c18-9-15-10-21-16(20(15)14-1-2-14)19-17-6-11-3-12(7-17)5-13(4-11)8-17;/h10-14H,1-9,18H2;1H. The monoisotopic (exact) mass is 383 g/mol. The van der Waals surface area contributed by atoms with E-state index in [9.17, 15) is 0 Å². The second kappa shape index (κ2) is 5.45. The van der Waals surface area contributed by atoms with Gasteiger partial charge in [-0.15, -0.1) is 28.3 Å². The number of nitrogens with two attached hydrogens (primary N) is 1. The van der Waals surface area contributed by atoms with Crippen molar-refractivity contribution in [2.45, 2.75) is 69.5 Å². The van der Waals surface area contributed by atoms with Crippen LogP contribution >= 0.6 is 28.3 Å². The smallest absolute Gasteiger partial charge is 0.185 e. The summed E-state index contributed by atoms with van der Waals surface area (Å²) in [6.45, 7) is 0.656. The molecule has 5 fully saturated rings. The Morgan fingerprint density at radius 2 is 1.73 bits per heavy atom. The molecule has 5 saturated carbocycles. The van der Waals surface area contributed by atoms with Crippen molar-refractivity contribution in [2.24, 2.45) is 28.5 Å². The van der Waals surface area contributed by atoms with Gasteiger partial charge in [-0.3, -0.25) is 4.99 Å². The number of nitrogens with zero attached hydrogens (tertiary/aromatic N) is 2. The first-order valence-corrected chi connectivity index (χ1v) is 9.57. The Morgan fingerprint density at radius 3 is 2.23 bits per heavy atom. The number of hydrogen-bond acceptors (Lipinski definition) is 3. The summed E-state index contributed by atoms with van der Waals surface area (Å²) in [5.74, 6) is 2.93. The van der Waals surface area contributed by atoms with Crippen LogP contribution in [0.5, 0.6) is 0 Å². The average molecular weight is 384 g/mol. The van der Waals surface area contributed by atoms with Crippen molar-refractivity contribution in [3.8, 4) is 0 Å². The lowest BCUT2D eigenvalue weighted by molar-refractivity contribution is -0.000408. The van der Waals surface area contributed by atoms with Crippen molar-refractivity contribution in [1.82, 2.24) is 4.57 Å². The average Bonchev–Trinajstić information content (AvgIpc) is 3.19. The lowest BCUT2D eigenvalue weighted by atomic mass is 9.53. The first-order valence-electron chi connectivity index (χ1n) is 8.69. The van der Waals surface area contributed by atoms with Gasteiger partial charge < -0.3 is 10.3 Å². The SMILES string of the molecule is Br.NCc1csc(=NC23CC4CC(CC(C4)C2)C3)n1C1CC1. The molecule has 0 saturated heterocycles. The minimum Gasteiger partial charge on any atom is -0.325 e. The second-order valence-corrected chi connectivity index (χ2v) is 8.91. The van der Waals surface area contributed by atoms with Crippen LogP contribution in [0.4, 0.5) is 0 Å². The third-order valence-corrected chi connectivity index (χ3v) is 7.16. The summed E-state index contributed by atoms with van der Waals surface area (Å²) in [6.07, 6.45) is 11.2. The highest BCUT2D eigenvalue weighted by atomic mass is 79.9. The maximum absolute atomic E-state index is 5.93. The molecule has 0 unspecified atom stereocenters. The molecule has 0 aromatic carbocycles. The van der Waals surface area contributed by atoms with Crippen LogP contribution in [0, 0.1) is 17.8 Å². The van der Waals surface area contributed by atoms with E-state index in [0.717, 1.165) is 17.8 Å². The number of hydrogen-bond donors (Lipinski definition) is 1. The van der Waals surface area contributed by atoms with E-state index in [1.54, 1.807) is 0 Å². The maximum Gasteiger partial charge on any atom is 0.185 e. The summed E-state index contributed by atoms with van der Waals surface area (Å²) < 4.78 is 2.48. The zero-order valence-corrected chi connectivity index (χ0v) is 15.6. The predicted molar refractivity (Wildman–Crippen MR) is 95.3 cm³/mol. The largest absolute Gasteiger partial charge is 0.325 e. The zero-order chi connectivity index (χ0) is 14.0. The molecule has 0 amide bonds. The quantitative estimate of drug-likeness (QED) is 0.847. The van der Waals surface area contributed by atoms with Gasteiger partial charge in [-0.25, -0.2) is 0 Å². The molecule has 4 bridgehead atoms. The fourth-order valence-corrected chi connectivity index (χ4v) is 6.79. The predicted octanol–water partition coefficient (Wildman–Crippen LogP) is 3.79. The Kier molecular flexibility index (Phi) is 3.82. The zero-order valence-electron chi connectivity index (χ0n) is 13.0. The number of thiazole rings is 1. The van der Waals surface area contributed by atoms with Crippen LogP contribution in [0.15, 0.2) is 10.4 Å². The molecule has 0 atom stereocenters. The molecule has 1 heterocycles. The normalized spacial score (nSPS) is 40.0. The van der Waals surface area contributed by atoms with E-state index in [0.29, 0.717) is 18.1 Å². The van der Waals surface area contributed by atoms with Crippen molar-refractivity contribution in [2.75, 3.05) is 0 Å². The molecule has 5 aliphatic carbocycles. The minimum absolute atomic E-state index is 0. The summed E-state index contributed by atoms with van der Waals surface area (Å²) in [5.41, 5.74) is 7.53. The van der Waals surface area contributed by atoms with Gasteiger partial charge in [0.2, 0.25) is 0 Å². The molecule has 0 radical (unpaired) electrons. The summed E-state index contributed by atoms with van der Waals surface area (Å²) >= 11 is 1.83. The van der Waals surface area contributed by atoms with Crippen molar-refractivity contribution in [3.63, 3.8) is 0 Å². The lowest BCUT2D eigenvalue weighted by Gasteiger charge is -2.54. The van der Waals surface area contributed by atoms with Crippen LogP contribution < -0.4 is 10.5 Å². The summed E-state index contributed by atoms with van der Waals surface area (Å²) in [7, 11) is 0. The molecule has 0 spiro atoms. The Hall–Kier alpha value is -0.130. The Morgan fingerprint density at radius 1 is 1.14 bits per heavy atom. The fourth-order valence-electron chi connectivity index (χ4n) is 5.71. The van der Waals surface area contributed by atoms with Crippen molar-refractivity contribution in [3.05, 3.63) is 15.9 Å². The van der Waals surface area contributed by atoms with Crippen LogP contribution in [0.2, 0.25) is 0 Å². The molecular formula is C17H26BrN3S. The van der Waals surface area contributed by atoms with E-state index >= 15 is 0 Å². The van der Waals surface area contributed by atoms with Gasteiger partial charge in [0.15, 0.2) is 4.80 Å².